The highest BCUT2D eigenvalue weighted by molar-refractivity contribution is 6.33. The minimum Gasteiger partial charge on any atom is -0.377 e. The van der Waals surface area contributed by atoms with Crippen LogP contribution in [0.5, 0.6) is 0 Å². The Kier molecular flexibility index (Phi) is 2.57. The highest BCUT2D eigenvalue weighted by Gasteiger charge is 2.03. The van der Waals surface area contributed by atoms with E-state index in [9.17, 15) is 0 Å². The number of hydrogen-bond acceptors (Lipinski definition) is 1. The van der Waals surface area contributed by atoms with E-state index in [1.165, 1.54) is 22.0 Å². The highest BCUT2D eigenvalue weighted by Crippen LogP contribution is 2.18. The van der Waals surface area contributed by atoms with Crippen molar-refractivity contribution in [2.45, 2.75) is 13.8 Å². The van der Waals surface area contributed by atoms with E-state index in [1.807, 2.05) is 0 Å². The fraction of sp³-hybridized carbons (Fsp3) is 0.400. The van der Waals surface area contributed by atoms with E-state index in [1.54, 1.807) is 0 Å². The second-order valence-corrected chi connectivity index (χ2v) is 4.62. The van der Waals surface area contributed by atoms with Gasteiger partial charge in [-0.05, 0) is 31.0 Å². The molecule has 0 saturated carbocycles. The topological polar surface area (TPSA) is 3.24 Å². The Morgan fingerprint density at radius 2 is 1.67 bits per heavy atom. The van der Waals surface area contributed by atoms with E-state index >= 15 is 0 Å². The molecule has 0 spiro atoms. The molecule has 12 heavy (non-hydrogen) atoms. The van der Waals surface area contributed by atoms with E-state index in [0.717, 1.165) is 10.2 Å². The van der Waals surface area contributed by atoms with E-state index in [-0.39, 0.29) is 0 Å². The first kappa shape index (κ1) is 9.33. The SMILES string of the molecule is Cc1c([SiH3])ccc(N(C)C)c1C. The Morgan fingerprint density at radius 3 is 2.17 bits per heavy atom. The molecular formula is C10H17NSi. The van der Waals surface area contributed by atoms with Crippen molar-refractivity contribution in [2.75, 3.05) is 19.0 Å². The van der Waals surface area contributed by atoms with Crippen molar-refractivity contribution in [3.8, 4) is 0 Å². The quantitative estimate of drug-likeness (QED) is 0.563. The first-order chi connectivity index (χ1) is 5.54. The minimum absolute atomic E-state index is 1.15. The monoisotopic (exact) mass is 179 g/mol. The molecule has 66 valence electrons. The van der Waals surface area contributed by atoms with Gasteiger partial charge < -0.3 is 4.90 Å². The lowest BCUT2D eigenvalue weighted by Gasteiger charge is -2.18. The molecule has 0 aromatic heterocycles. The summed E-state index contributed by atoms with van der Waals surface area (Å²) in [6, 6.07) is 4.45. The summed E-state index contributed by atoms with van der Waals surface area (Å²) in [7, 11) is 5.33. The summed E-state index contributed by atoms with van der Waals surface area (Å²) in [6.07, 6.45) is 0. The maximum atomic E-state index is 2.24. The van der Waals surface area contributed by atoms with Crippen LogP contribution < -0.4 is 10.1 Å². The minimum atomic E-state index is 1.15. The number of rotatable bonds is 1. The lowest BCUT2D eigenvalue weighted by molar-refractivity contribution is 1.11. The van der Waals surface area contributed by atoms with Gasteiger partial charge in [-0.3, -0.25) is 0 Å². The van der Waals surface area contributed by atoms with Crippen molar-refractivity contribution < 1.29 is 0 Å². The molecule has 0 aliphatic rings. The number of benzene rings is 1. The molecule has 0 amide bonds. The molecule has 0 heterocycles. The predicted molar refractivity (Wildman–Crippen MR) is 59.8 cm³/mol. The Balaban J connectivity index is 3.27. The van der Waals surface area contributed by atoms with Crippen LogP contribution in [0.3, 0.4) is 0 Å². The van der Waals surface area contributed by atoms with Gasteiger partial charge in [0.15, 0.2) is 0 Å². The lowest BCUT2D eigenvalue weighted by atomic mass is 10.1. The van der Waals surface area contributed by atoms with Gasteiger partial charge in [-0.2, -0.15) is 0 Å². The Hall–Kier alpha value is -0.763. The predicted octanol–water partition coefficient (Wildman–Crippen LogP) is 0.360. The molecule has 0 fully saturated rings. The summed E-state index contributed by atoms with van der Waals surface area (Å²) in [6.45, 7) is 4.41. The third-order valence-corrected chi connectivity index (χ3v) is 3.59. The van der Waals surface area contributed by atoms with Crippen LogP contribution in [0.25, 0.3) is 0 Å². The van der Waals surface area contributed by atoms with E-state index < -0.39 is 0 Å². The van der Waals surface area contributed by atoms with Crippen LogP contribution in [0.1, 0.15) is 11.1 Å². The molecule has 1 aromatic carbocycles. The average Bonchev–Trinajstić information content (AvgIpc) is 2.00. The van der Waals surface area contributed by atoms with Crippen LogP contribution in [0.4, 0.5) is 5.69 Å². The summed E-state index contributed by atoms with van der Waals surface area (Å²) in [5, 5.41) is 1.51. The van der Waals surface area contributed by atoms with Crippen molar-refractivity contribution in [3.63, 3.8) is 0 Å². The molecule has 0 saturated heterocycles. The van der Waals surface area contributed by atoms with Crippen LogP contribution in [0, 0.1) is 13.8 Å². The molecule has 0 aliphatic carbocycles. The van der Waals surface area contributed by atoms with Gasteiger partial charge in [-0.25, -0.2) is 0 Å². The van der Waals surface area contributed by atoms with Crippen molar-refractivity contribution in [1.82, 2.24) is 0 Å². The van der Waals surface area contributed by atoms with Gasteiger partial charge in [0.1, 0.15) is 0 Å². The second kappa shape index (κ2) is 3.31. The summed E-state index contributed by atoms with van der Waals surface area (Å²) < 4.78 is 0. The molecule has 0 bridgehead atoms. The Morgan fingerprint density at radius 1 is 1.08 bits per heavy atom. The maximum Gasteiger partial charge on any atom is 0.0393 e. The first-order valence-corrected chi connectivity index (χ1v) is 5.28. The standard InChI is InChI=1S/C10H17NSi/c1-7-8(2)10(12)6-5-9(7)11(3)4/h5-6H,1-4,12H3. The highest BCUT2D eigenvalue weighted by atomic mass is 28.1. The van der Waals surface area contributed by atoms with Gasteiger partial charge >= 0.3 is 0 Å². The van der Waals surface area contributed by atoms with E-state index in [4.69, 9.17) is 0 Å². The lowest BCUT2D eigenvalue weighted by Crippen LogP contribution is -2.15. The number of hydrogen-bond donors (Lipinski definition) is 0. The molecule has 0 unspecified atom stereocenters. The Labute approximate surface area is 77.8 Å². The van der Waals surface area contributed by atoms with Crippen LogP contribution in [0.2, 0.25) is 0 Å². The van der Waals surface area contributed by atoms with Crippen molar-refractivity contribution in [3.05, 3.63) is 23.3 Å². The maximum absolute atomic E-state index is 2.24. The third-order valence-electron chi connectivity index (χ3n) is 2.51. The molecule has 1 rings (SSSR count). The van der Waals surface area contributed by atoms with Gasteiger partial charge in [-0.1, -0.05) is 11.3 Å². The van der Waals surface area contributed by atoms with Crippen LogP contribution >= 0.6 is 0 Å². The summed E-state index contributed by atoms with van der Waals surface area (Å²) in [5.74, 6) is 0. The number of nitrogens with zero attached hydrogens (tertiary/aromatic N) is 1. The molecule has 1 nitrogen and oxygen atoms in total. The van der Waals surface area contributed by atoms with Gasteiger partial charge in [0.25, 0.3) is 0 Å². The number of anilines is 1. The van der Waals surface area contributed by atoms with Crippen molar-refractivity contribution >= 4 is 21.1 Å². The van der Waals surface area contributed by atoms with Gasteiger partial charge in [0, 0.05) is 30.0 Å². The summed E-state index contributed by atoms with van der Waals surface area (Å²) in [4.78, 5) is 2.17. The second-order valence-electron chi connectivity index (χ2n) is 3.55. The fourth-order valence-electron chi connectivity index (χ4n) is 1.43. The zero-order valence-electron chi connectivity index (χ0n) is 8.60. The molecular weight excluding hydrogens is 162 g/mol. The molecule has 0 atom stereocenters. The van der Waals surface area contributed by atoms with Gasteiger partial charge in [0.2, 0.25) is 0 Å². The smallest absolute Gasteiger partial charge is 0.0393 e. The van der Waals surface area contributed by atoms with E-state index in [2.05, 4.69) is 45.0 Å². The molecule has 0 N–H and O–H groups in total. The molecule has 2 heteroatoms. The van der Waals surface area contributed by atoms with Crippen LogP contribution in [-0.2, 0) is 0 Å². The zero-order chi connectivity index (χ0) is 9.30. The van der Waals surface area contributed by atoms with Crippen LogP contribution in [0.15, 0.2) is 12.1 Å². The van der Waals surface area contributed by atoms with Gasteiger partial charge in [0.05, 0.1) is 0 Å². The van der Waals surface area contributed by atoms with Crippen molar-refractivity contribution in [1.29, 1.82) is 0 Å². The largest absolute Gasteiger partial charge is 0.377 e. The first-order valence-electron chi connectivity index (χ1n) is 4.28. The normalized spacial score (nSPS) is 10.3. The summed E-state index contributed by atoms with van der Waals surface area (Å²) in [5.41, 5.74) is 4.23. The van der Waals surface area contributed by atoms with Gasteiger partial charge in [-0.15, -0.1) is 0 Å². The Bertz CT molecular complexity index is 292. The van der Waals surface area contributed by atoms with Crippen LogP contribution in [-0.4, -0.2) is 24.3 Å². The van der Waals surface area contributed by atoms with E-state index in [0.29, 0.717) is 0 Å². The molecule has 0 aliphatic heterocycles. The summed E-state index contributed by atoms with van der Waals surface area (Å²) >= 11 is 0. The fourth-order valence-corrected chi connectivity index (χ4v) is 1.97. The third kappa shape index (κ3) is 1.53. The zero-order valence-corrected chi connectivity index (χ0v) is 10.6. The molecule has 1 aromatic rings. The van der Waals surface area contributed by atoms with Crippen molar-refractivity contribution in [2.24, 2.45) is 0 Å². The average molecular weight is 179 g/mol. The molecule has 0 radical (unpaired) electrons.